The lowest BCUT2D eigenvalue weighted by Gasteiger charge is -2.39. The number of fused-ring (bicyclic) bond motifs is 1. The average molecular weight is 369 g/mol. The van der Waals surface area contributed by atoms with E-state index in [0.717, 1.165) is 42.7 Å². The van der Waals surface area contributed by atoms with Gasteiger partial charge in [-0.2, -0.15) is 0 Å². The number of hydrogen-bond donors (Lipinski definition) is 0. The first-order valence-corrected chi connectivity index (χ1v) is 9.32. The molecule has 0 bridgehead atoms. The highest BCUT2D eigenvalue weighted by Crippen LogP contribution is 2.31. The smallest absolute Gasteiger partial charge is 0.277 e. The molecule has 7 nitrogen and oxygen atoms in total. The third-order valence-electron chi connectivity index (χ3n) is 5.38. The van der Waals surface area contributed by atoms with Gasteiger partial charge in [-0.25, -0.2) is 0 Å². The van der Waals surface area contributed by atoms with Crippen molar-refractivity contribution in [2.75, 3.05) is 25.1 Å². The Morgan fingerprint density at radius 1 is 1.26 bits per heavy atom. The summed E-state index contributed by atoms with van der Waals surface area (Å²) in [5.41, 5.74) is 2.01. The molecular formula is C20H23N3O4. The number of piperazine rings is 1. The van der Waals surface area contributed by atoms with Crippen LogP contribution in [0.2, 0.25) is 0 Å². The zero-order valence-corrected chi connectivity index (χ0v) is 15.6. The topological polar surface area (TPSA) is 75.9 Å². The molecule has 2 amide bonds. The molecule has 1 atom stereocenters. The number of methoxy groups -OCH3 is 1. The van der Waals surface area contributed by atoms with Gasteiger partial charge in [0.15, 0.2) is 5.69 Å². The van der Waals surface area contributed by atoms with Crippen molar-refractivity contribution in [3.63, 3.8) is 0 Å². The Morgan fingerprint density at radius 2 is 2.04 bits per heavy atom. The van der Waals surface area contributed by atoms with Gasteiger partial charge >= 0.3 is 0 Å². The van der Waals surface area contributed by atoms with Crippen LogP contribution in [-0.2, 0) is 17.6 Å². The van der Waals surface area contributed by atoms with Crippen LogP contribution in [0, 0.1) is 0 Å². The monoisotopic (exact) mass is 369 g/mol. The number of hydrogen-bond acceptors (Lipinski definition) is 5. The summed E-state index contributed by atoms with van der Waals surface area (Å²) in [7, 11) is 1.58. The predicted molar refractivity (Wildman–Crippen MR) is 99.0 cm³/mol. The van der Waals surface area contributed by atoms with E-state index in [1.165, 1.54) is 0 Å². The molecular weight excluding hydrogens is 346 g/mol. The van der Waals surface area contributed by atoms with Gasteiger partial charge in [0, 0.05) is 24.6 Å². The van der Waals surface area contributed by atoms with Crippen molar-refractivity contribution in [1.82, 2.24) is 10.1 Å². The molecule has 1 aromatic carbocycles. The second kappa shape index (κ2) is 7.06. The number of benzene rings is 1. The van der Waals surface area contributed by atoms with Crippen LogP contribution in [0.25, 0.3) is 0 Å². The summed E-state index contributed by atoms with van der Waals surface area (Å²) >= 11 is 0. The Labute approximate surface area is 157 Å². The number of aryl methyl sites for hydroxylation is 1. The number of amides is 2. The quantitative estimate of drug-likeness (QED) is 0.831. The molecule has 0 radical (unpaired) electrons. The van der Waals surface area contributed by atoms with Crippen LogP contribution >= 0.6 is 0 Å². The molecule has 2 aromatic rings. The van der Waals surface area contributed by atoms with E-state index in [2.05, 4.69) is 5.16 Å². The van der Waals surface area contributed by atoms with E-state index in [1.807, 2.05) is 31.2 Å². The lowest BCUT2D eigenvalue weighted by Crippen LogP contribution is -2.57. The zero-order chi connectivity index (χ0) is 19.0. The Hall–Kier alpha value is -2.83. The molecule has 27 heavy (non-hydrogen) atoms. The number of anilines is 1. The molecule has 2 heterocycles. The van der Waals surface area contributed by atoms with Crippen molar-refractivity contribution < 1.29 is 18.8 Å². The molecule has 1 aliphatic carbocycles. The van der Waals surface area contributed by atoms with Crippen molar-refractivity contribution in [3.05, 3.63) is 41.3 Å². The third kappa shape index (κ3) is 3.07. The standard InChI is InChI=1S/C20H23N3O4/c1-13-11-23(15-8-4-6-10-17(15)26-2)18(24)12-22(13)20(25)19-14-7-3-5-9-16(14)27-21-19/h4,6,8,10,13H,3,5,7,9,11-12H2,1-2H3. The fourth-order valence-corrected chi connectivity index (χ4v) is 3.90. The van der Waals surface area contributed by atoms with Crippen molar-refractivity contribution in [3.8, 4) is 5.75 Å². The highest BCUT2D eigenvalue weighted by Gasteiger charge is 2.37. The first-order chi connectivity index (χ1) is 13.1. The van der Waals surface area contributed by atoms with Gasteiger partial charge in [0.1, 0.15) is 18.1 Å². The fourth-order valence-electron chi connectivity index (χ4n) is 3.90. The molecule has 0 N–H and O–H groups in total. The number of aromatic nitrogens is 1. The summed E-state index contributed by atoms with van der Waals surface area (Å²) in [4.78, 5) is 29.2. The van der Waals surface area contributed by atoms with E-state index in [0.29, 0.717) is 18.0 Å². The van der Waals surface area contributed by atoms with Crippen molar-refractivity contribution >= 4 is 17.5 Å². The number of carbonyl (C=O) groups is 2. The Kier molecular flexibility index (Phi) is 4.59. The molecule has 4 rings (SSSR count). The van der Waals surface area contributed by atoms with Gasteiger partial charge in [-0.3, -0.25) is 9.59 Å². The Balaban J connectivity index is 1.56. The minimum Gasteiger partial charge on any atom is -0.495 e. The third-order valence-corrected chi connectivity index (χ3v) is 5.38. The minimum absolute atomic E-state index is 0.0136. The minimum atomic E-state index is -0.220. The largest absolute Gasteiger partial charge is 0.495 e. The summed E-state index contributed by atoms with van der Waals surface area (Å²) in [6.07, 6.45) is 3.72. The van der Waals surface area contributed by atoms with Crippen LogP contribution in [0.4, 0.5) is 5.69 Å². The number of nitrogens with zero attached hydrogens (tertiary/aromatic N) is 3. The van der Waals surface area contributed by atoms with E-state index >= 15 is 0 Å². The lowest BCUT2D eigenvalue weighted by molar-refractivity contribution is -0.121. The Bertz CT molecular complexity index is 876. The number of rotatable bonds is 3. The van der Waals surface area contributed by atoms with E-state index in [-0.39, 0.29) is 24.4 Å². The highest BCUT2D eigenvalue weighted by atomic mass is 16.5. The summed E-state index contributed by atoms with van der Waals surface area (Å²) in [5.74, 6) is 1.10. The van der Waals surface area contributed by atoms with Crippen LogP contribution in [0.3, 0.4) is 0 Å². The van der Waals surface area contributed by atoms with Crippen LogP contribution < -0.4 is 9.64 Å². The molecule has 1 aromatic heterocycles. The molecule has 1 fully saturated rings. The van der Waals surface area contributed by atoms with Crippen LogP contribution in [0.5, 0.6) is 5.75 Å². The molecule has 1 saturated heterocycles. The van der Waals surface area contributed by atoms with Gasteiger partial charge in [-0.1, -0.05) is 17.3 Å². The van der Waals surface area contributed by atoms with Gasteiger partial charge in [0.2, 0.25) is 5.91 Å². The average Bonchev–Trinajstić information content (AvgIpc) is 3.13. The van der Waals surface area contributed by atoms with E-state index in [4.69, 9.17) is 9.26 Å². The lowest BCUT2D eigenvalue weighted by atomic mass is 9.96. The number of carbonyl (C=O) groups excluding carboxylic acids is 2. The maximum atomic E-state index is 13.1. The fraction of sp³-hybridized carbons (Fsp3) is 0.450. The SMILES string of the molecule is COc1ccccc1N1CC(C)N(C(=O)c2noc3c2CCCC3)CC1=O. The maximum Gasteiger partial charge on any atom is 0.277 e. The van der Waals surface area contributed by atoms with E-state index < -0.39 is 0 Å². The van der Waals surface area contributed by atoms with Crippen molar-refractivity contribution in [1.29, 1.82) is 0 Å². The number of para-hydroxylation sites is 2. The second-order valence-corrected chi connectivity index (χ2v) is 7.10. The second-order valence-electron chi connectivity index (χ2n) is 7.10. The van der Waals surface area contributed by atoms with Gasteiger partial charge in [0.05, 0.1) is 12.8 Å². The normalized spacial score (nSPS) is 19.8. The first kappa shape index (κ1) is 17.6. The Morgan fingerprint density at radius 3 is 2.85 bits per heavy atom. The predicted octanol–water partition coefficient (Wildman–Crippen LogP) is 2.44. The molecule has 1 aliphatic heterocycles. The van der Waals surface area contributed by atoms with E-state index in [9.17, 15) is 9.59 Å². The molecule has 0 saturated carbocycles. The summed E-state index contributed by atoms with van der Waals surface area (Å²) in [6.45, 7) is 2.37. The highest BCUT2D eigenvalue weighted by molar-refractivity contribution is 6.02. The van der Waals surface area contributed by atoms with Gasteiger partial charge in [-0.05, 0) is 38.3 Å². The molecule has 7 heteroatoms. The van der Waals surface area contributed by atoms with Crippen molar-refractivity contribution in [2.45, 2.75) is 38.6 Å². The molecule has 142 valence electrons. The van der Waals surface area contributed by atoms with Gasteiger partial charge in [-0.15, -0.1) is 0 Å². The molecule has 2 aliphatic rings. The summed E-state index contributed by atoms with van der Waals surface area (Å²) in [5, 5.41) is 4.03. The van der Waals surface area contributed by atoms with Crippen LogP contribution in [-0.4, -0.2) is 48.1 Å². The van der Waals surface area contributed by atoms with E-state index in [1.54, 1.807) is 16.9 Å². The molecule has 1 unspecified atom stereocenters. The zero-order valence-electron chi connectivity index (χ0n) is 15.6. The van der Waals surface area contributed by atoms with Crippen molar-refractivity contribution in [2.24, 2.45) is 0 Å². The maximum absolute atomic E-state index is 13.1. The van der Waals surface area contributed by atoms with Gasteiger partial charge < -0.3 is 19.1 Å². The summed E-state index contributed by atoms with van der Waals surface area (Å²) < 4.78 is 10.8. The first-order valence-electron chi connectivity index (χ1n) is 9.32. The molecule has 0 spiro atoms. The number of ether oxygens (including phenoxy) is 1. The van der Waals surface area contributed by atoms with Crippen LogP contribution in [0.15, 0.2) is 28.8 Å². The van der Waals surface area contributed by atoms with Crippen LogP contribution in [0.1, 0.15) is 41.6 Å². The van der Waals surface area contributed by atoms with Gasteiger partial charge in [0.25, 0.3) is 5.91 Å². The summed E-state index contributed by atoms with van der Waals surface area (Å²) in [6, 6.07) is 7.27.